The van der Waals surface area contributed by atoms with Gasteiger partial charge < -0.3 is 20.3 Å². The number of hydrogen-bond acceptors (Lipinski definition) is 5. The second kappa shape index (κ2) is 7.46. The molecule has 0 aliphatic carbocycles. The first-order valence-corrected chi connectivity index (χ1v) is 9.63. The van der Waals surface area contributed by atoms with Gasteiger partial charge in [0.05, 0.1) is 23.7 Å². The van der Waals surface area contributed by atoms with Crippen molar-refractivity contribution in [2.24, 2.45) is 5.73 Å². The highest BCUT2D eigenvalue weighted by molar-refractivity contribution is 5.94. The summed E-state index contributed by atoms with van der Waals surface area (Å²) in [4.78, 5) is 20.5. The van der Waals surface area contributed by atoms with Gasteiger partial charge >= 0.3 is 6.18 Å². The molecular formula is C20H23F3N4O2. The highest BCUT2D eigenvalue weighted by Crippen LogP contribution is 2.38. The first-order chi connectivity index (χ1) is 13.7. The van der Waals surface area contributed by atoms with Gasteiger partial charge in [0.15, 0.2) is 6.10 Å². The third-order valence-corrected chi connectivity index (χ3v) is 5.46. The molecule has 0 spiro atoms. The molecule has 3 heterocycles. The fourth-order valence-corrected chi connectivity index (χ4v) is 4.14. The van der Waals surface area contributed by atoms with Crippen LogP contribution in [0.2, 0.25) is 0 Å². The van der Waals surface area contributed by atoms with E-state index in [-0.39, 0.29) is 30.1 Å². The molecule has 4 rings (SSSR count). The van der Waals surface area contributed by atoms with Crippen molar-refractivity contribution in [3.8, 4) is 0 Å². The van der Waals surface area contributed by atoms with Gasteiger partial charge in [0.2, 0.25) is 0 Å². The Morgan fingerprint density at radius 2 is 2.03 bits per heavy atom. The zero-order valence-electron chi connectivity index (χ0n) is 16.0. The lowest BCUT2D eigenvalue weighted by molar-refractivity contribution is -0.147. The van der Waals surface area contributed by atoms with Crippen LogP contribution in [-0.4, -0.2) is 60.2 Å². The fourth-order valence-electron chi connectivity index (χ4n) is 4.14. The number of fused-ring (bicyclic) bond motifs is 1. The number of rotatable bonds is 2. The van der Waals surface area contributed by atoms with Crippen LogP contribution in [0.5, 0.6) is 0 Å². The number of anilines is 1. The fraction of sp³-hybridized carbons (Fsp3) is 0.500. The predicted octanol–water partition coefficient (Wildman–Crippen LogP) is 2.41. The van der Waals surface area contributed by atoms with Crippen molar-refractivity contribution in [3.05, 3.63) is 36.0 Å². The molecule has 1 aromatic carbocycles. The summed E-state index contributed by atoms with van der Waals surface area (Å²) in [5, 5.41) is 0.408. The van der Waals surface area contributed by atoms with Crippen LogP contribution in [0.3, 0.4) is 0 Å². The van der Waals surface area contributed by atoms with Gasteiger partial charge in [0.1, 0.15) is 0 Å². The van der Waals surface area contributed by atoms with Gasteiger partial charge in [-0.2, -0.15) is 13.2 Å². The van der Waals surface area contributed by atoms with Crippen molar-refractivity contribution in [2.75, 3.05) is 31.1 Å². The minimum atomic E-state index is -4.49. The van der Waals surface area contributed by atoms with Gasteiger partial charge in [0, 0.05) is 42.9 Å². The number of halogens is 3. The molecule has 1 aromatic heterocycles. The van der Waals surface area contributed by atoms with Crippen molar-refractivity contribution in [3.63, 3.8) is 0 Å². The Bertz CT molecular complexity index is 920. The van der Waals surface area contributed by atoms with Gasteiger partial charge in [-0.3, -0.25) is 9.78 Å². The van der Waals surface area contributed by atoms with Crippen LogP contribution in [0.15, 0.2) is 30.5 Å². The van der Waals surface area contributed by atoms with Crippen molar-refractivity contribution in [1.29, 1.82) is 0 Å². The zero-order chi connectivity index (χ0) is 20.8. The lowest BCUT2D eigenvalue weighted by Crippen LogP contribution is -2.53. The minimum absolute atomic E-state index is 0.0269. The summed E-state index contributed by atoms with van der Waals surface area (Å²) < 4.78 is 46.0. The number of carbonyl (C=O) groups is 1. The summed E-state index contributed by atoms with van der Waals surface area (Å²) in [6.07, 6.45) is -3.31. The average Bonchev–Trinajstić information content (AvgIpc) is 3.11. The highest BCUT2D eigenvalue weighted by Gasteiger charge is 2.37. The summed E-state index contributed by atoms with van der Waals surface area (Å²) in [6, 6.07) is 5.73. The van der Waals surface area contributed by atoms with E-state index in [9.17, 15) is 18.0 Å². The maximum absolute atomic E-state index is 13.4. The summed E-state index contributed by atoms with van der Waals surface area (Å²) in [7, 11) is 0. The minimum Gasteiger partial charge on any atom is -0.365 e. The molecule has 6 nitrogen and oxygen atoms in total. The van der Waals surface area contributed by atoms with Gasteiger partial charge in [-0.1, -0.05) is 0 Å². The molecule has 2 aliphatic rings. The number of alkyl halides is 3. The monoisotopic (exact) mass is 408 g/mol. The molecule has 0 unspecified atom stereocenters. The first-order valence-electron chi connectivity index (χ1n) is 9.63. The third kappa shape index (κ3) is 3.89. The normalized spacial score (nSPS) is 25.6. The Morgan fingerprint density at radius 3 is 2.72 bits per heavy atom. The SMILES string of the molecule is C[C@@H]1CN(c2ccc(C(F)(F)F)c3ncccc23)C[C@H](C(=O)N2CC[C@H](N)C2)O1. The standard InChI is InChI=1S/C20H23F3N4O2/c1-12-9-27(11-17(29-12)19(28)26-8-6-13(24)10-26)16-5-4-15(20(21,22)23)18-14(16)3-2-7-25-18/h2-5,7,12-13,17H,6,8-11,24H2,1H3/t12-,13+,17-/m1/s1. The van der Waals surface area contributed by atoms with Gasteiger partial charge in [-0.25, -0.2) is 0 Å². The van der Waals surface area contributed by atoms with Crippen LogP contribution in [0.25, 0.3) is 10.9 Å². The second-order valence-electron chi connectivity index (χ2n) is 7.70. The molecule has 2 saturated heterocycles. The quantitative estimate of drug-likeness (QED) is 0.826. The van der Waals surface area contributed by atoms with Gasteiger partial charge in [0.25, 0.3) is 5.91 Å². The lowest BCUT2D eigenvalue weighted by Gasteiger charge is -2.39. The molecule has 3 atom stereocenters. The molecule has 1 amide bonds. The Kier molecular flexibility index (Phi) is 5.12. The van der Waals surface area contributed by atoms with Crippen LogP contribution in [0.1, 0.15) is 18.9 Å². The molecule has 2 aliphatic heterocycles. The van der Waals surface area contributed by atoms with Crippen LogP contribution >= 0.6 is 0 Å². The van der Waals surface area contributed by atoms with E-state index in [4.69, 9.17) is 10.5 Å². The van der Waals surface area contributed by atoms with E-state index in [0.717, 1.165) is 12.5 Å². The van der Waals surface area contributed by atoms with E-state index < -0.39 is 17.8 Å². The summed E-state index contributed by atoms with van der Waals surface area (Å²) >= 11 is 0. The maximum atomic E-state index is 13.4. The molecule has 29 heavy (non-hydrogen) atoms. The van der Waals surface area contributed by atoms with Crippen LogP contribution in [-0.2, 0) is 15.7 Å². The number of ether oxygens (including phenoxy) is 1. The molecule has 2 N–H and O–H groups in total. The van der Waals surface area contributed by atoms with Crippen molar-refractivity contribution in [1.82, 2.24) is 9.88 Å². The lowest BCUT2D eigenvalue weighted by atomic mass is 10.0. The molecule has 0 bridgehead atoms. The first kappa shape index (κ1) is 19.9. The molecule has 2 fully saturated rings. The number of likely N-dealkylation sites (tertiary alicyclic amines) is 1. The highest BCUT2D eigenvalue weighted by atomic mass is 19.4. The second-order valence-corrected chi connectivity index (χ2v) is 7.70. The van der Waals surface area contributed by atoms with E-state index in [1.807, 2.05) is 11.8 Å². The molecule has 0 radical (unpaired) electrons. The Balaban J connectivity index is 1.66. The summed E-state index contributed by atoms with van der Waals surface area (Å²) in [5.74, 6) is -0.121. The Labute approximate surface area is 166 Å². The molecule has 0 saturated carbocycles. The molecule has 2 aromatic rings. The van der Waals surface area contributed by atoms with Gasteiger partial charge in [-0.05, 0) is 37.6 Å². The molecular weight excluding hydrogens is 385 g/mol. The zero-order valence-corrected chi connectivity index (χ0v) is 16.0. The van der Waals surface area contributed by atoms with E-state index in [1.54, 1.807) is 17.0 Å². The summed E-state index contributed by atoms with van der Waals surface area (Å²) in [6.45, 7) is 3.69. The summed E-state index contributed by atoms with van der Waals surface area (Å²) in [5.41, 5.74) is 5.66. The van der Waals surface area contributed by atoms with E-state index in [2.05, 4.69) is 4.98 Å². The maximum Gasteiger partial charge on any atom is 0.418 e. The van der Waals surface area contributed by atoms with E-state index in [0.29, 0.717) is 30.7 Å². The predicted molar refractivity (Wildman–Crippen MR) is 102 cm³/mol. The number of carbonyl (C=O) groups excluding carboxylic acids is 1. The van der Waals surface area contributed by atoms with Crippen LogP contribution < -0.4 is 10.6 Å². The third-order valence-electron chi connectivity index (χ3n) is 5.46. The Hall–Kier alpha value is -2.39. The molecule has 9 heteroatoms. The van der Waals surface area contributed by atoms with Crippen molar-refractivity contribution in [2.45, 2.75) is 37.8 Å². The largest absolute Gasteiger partial charge is 0.418 e. The smallest absolute Gasteiger partial charge is 0.365 e. The molecule has 156 valence electrons. The van der Waals surface area contributed by atoms with Crippen LogP contribution in [0, 0.1) is 0 Å². The number of nitrogens with two attached hydrogens (primary N) is 1. The Morgan fingerprint density at radius 1 is 1.24 bits per heavy atom. The number of morpholine rings is 1. The van der Waals surface area contributed by atoms with Crippen molar-refractivity contribution >= 4 is 22.5 Å². The number of aromatic nitrogens is 1. The average molecular weight is 408 g/mol. The number of amides is 1. The van der Waals surface area contributed by atoms with Crippen molar-refractivity contribution < 1.29 is 22.7 Å². The number of nitrogens with zero attached hydrogens (tertiary/aromatic N) is 3. The number of pyridine rings is 1. The van der Waals surface area contributed by atoms with E-state index >= 15 is 0 Å². The van der Waals surface area contributed by atoms with Gasteiger partial charge in [-0.15, -0.1) is 0 Å². The van der Waals surface area contributed by atoms with Crippen LogP contribution in [0.4, 0.5) is 18.9 Å². The number of hydrogen-bond donors (Lipinski definition) is 1. The topological polar surface area (TPSA) is 71.7 Å². The number of benzene rings is 1. The van der Waals surface area contributed by atoms with E-state index in [1.165, 1.54) is 12.3 Å².